The van der Waals surface area contributed by atoms with E-state index in [4.69, 9.17) is 9.84 Å². The standard InChI is InChI=1S/C11H12N2O5/c14-11(15)10-5-9(6-12-10)18-8-3-1-7(2-4-8)13(16)17/h1-4,9-10,12H,5-6H2,(H,14,15). The molecule has 0 bridgehead atoms. The number of benzene rings is 1. The van der Waals surface area contributed by atoms with Crippen LogP contribution >= 0.6 is 0 Å². The second-order valence-electron chi connectivity index (χ2n) is 4.03. The number of nitro benzene ring substituents is 1. The Bertz CT molecular complexity index is 459. The number of aliphatic carboxylic acids is 1. The van der Waals surface area contributed by atoms with Gasteiger partial charge in [-0.25, -0.2) is 0 Å². The molecule has 2 atom stereocenters. The van der Waals surface area contributed by atoms with Crippen molar-refractivity contribution in [3.8, 4) is 5.75 Å². The number of rotatable bonds is 4. The fourth-order valence-electron chi connectivity index (χ4n) is 1.82. The third kappa shape index (κ3) is 2.75. The van der Waals surface area contributed by atoms with Crippen LogP contribution < -0.4 is 10.1 Å². The summed E-state index contributed by atoms with van der Waals surface area (Å²) >= 11 is 0. The number of carbonyl (C=O) groups is 1. The summed E-state index contributed by atoms with van der Waals surface area (Å²) in [7, 11) is 0. The third-order valence-electron chi connectivity index (χ3n) is 2.74. The highest BCUT2D eigenvalue weighted by Gasteiger charge is 2.30. The normalized spacial score (nSPS) is 22.7. The Morgan fingerprint density at radius 3 is 2.61 bits per heavy atom. The molecule has 1 fully saturated rings. The number of carboxylic acids is 1. The van der Waals surface area contributed by atoms with E-state index in [1.54, 1.807) is 0 Å². The van der Waals surface area contributed by atoms with Gasteiger partial charge >= 0.3 is 5.97 Å². The van der Waals surface area contributed by atoms with Crippen LogP contribution in [0.25, 0.3) is 0 Å². The van der Waals surface area contributed by atoms with Crippen molar-refractivity contribution in [2.45, 2.75) is 18.6 Å². The maximum absolute atomic E-state index is 10.7. The molecule has 96 valence electrons. The van der Waals surface area contributed by atoms with Crippen LogP contribution in [0.2, 0.25) is 0 Å². The van der Waals surface area contributed by atoms with Gasteiger partial charge in [0.15, 0.2) is 0 Å². The molecule has 0 aliphatic carbocycles. The minimum absolute atomic E-state index is 0.00434. The van der Waals surface area contributed by atoms with Gasteiger partial charge in [-0.1, -0.05) is 0 Å². The molecule has 2 unspecified atom stereocenters. The summed E-state index contributed by atoms with van der Waals surface area (Å²) in [4.78, 5) is 20.7. The first kappa shape index (κ1) is 12.3. The molecular formula is C11H12N2O5. The second kappa shape index (κ2) is 5.01. The van der Waals surface area contributed by atoms with Crippen molar-refractivity contribution in [3.05, 3.63) is 34.4 Å². The van der Waals surface area contributed by atoms with E-state index in [-0.39, 0.29) is 11.8 Å². The van der Waals surface area contributed by atoms with Crippen LogP contribution in [0.4, 0.5) is 5.69 Å². The van der Waals surface area contributed by atoms with Gasteiger partial charge < -0.3 is 15.2 Å². The summed E-state index contributed by atoms with van der Waals surface area (Å²) in [5.41, 5.74) is -0.00434. The Kier molecular flexibility index (Phi) is 3.42. The molecule has 0 spiro atoms. The molecule has 1 aliphatic rings. The summed E-state index contributed by atoms with van der Waals surface area (Å²) < 4.78 is 5.54. The molecular weight excluding hydrogens is 240 g/mol. The van der Waals surface area contributed by atoms with Gasteiger partial charge in [0.1, 0.15) is 17.9 Å². The number of hydrogen-bond acceptors (Lipinski definition) is 5. The van der Waals surface area contributed by atoms with Gasteiger partial charge in [0.2, 0.25) is 0 Å². The highest BCUT2D eigenvalue weighted by atomic mass is 16.6. The Hall–Kier alpha value is -2.15. The van der Waals surface area contributed by atoms with Crippen molar-refractivity contribution < 1.29 is 19.6 Å². The zero-order valence-corrected chi connectivity index (χ0v) is 9.41. The molecule has 0 aromatic heterocycles. The summed E-state index contributed by atoms with van der Waals surface area (Å²) in [6, 6.07) is 5.13. The smallest absolute Gasteiger partial charge is 0.320 e. The fourth-order valence-corrected chi connectivity index (χ4v) is 1.82. The average Bonchev–Trinajstić information content (AvgIpc) is 2.78. The Labute approximate surface area is 103 Å². The number of hydrogen-bond donors (Lipinski definition) is 2. The van der Waals surface area contributed by atoms with Crippen molar-refractivity contribution in [3.63, 3.8) is 0 Å². The number of carboxylic acid groups (broad SMARTS) is 1. The SMILES string of the molecule is O=C(O)C1CC(Oc2ccc([N+](=O)[O-])cc2)CN1. The molecule has 1 aliphatic heterocycles. The number of nitrogens with zero attached hydrogens (tertiary/aromatic N) is 1. The van der Waals surface area contributed by atoms with Crippen LogP contribution in [-0.4, -0.2) is 34.7 Å². The first-order chi connectivity index (χ1) is 8.56. The number of non-ortho nitro benzene ring substituents is 1. The lowest BCUT2D eigenvalue weighted by molar-refractivity contribution is -0.384. The number of nitrogens with one attached hydrogen (secondary N) is 1. The van der Waals surface area contributed by atoms with Crippen LogP contribution in [0.5, 0.6) is 5.75 Å². The van der Waals surface area contributed by atoms with Crippen LogP contribution in [-0.2, 0) is 4.79 Å². The predicted octanol–water partition coefficient (Wildman–Crippen LogP) is 0.789. The minimum atomic E-state index is -0.898. The topological polar surface area (TPSA) is 102 Å². The van der Waals surface area contributed by atoms with E-state index < -0.39 is 16.9 Å². The van der Waals surface area contributed by atoms with E-state index >= 15 is 0 Å². The summed E-state index contributed by atoms with van der Waals surface area (Å²) in [5, 5.41) is 22.1. The highest BCUT2D eigenvalue weighted by molar-refractivity contribution is 5.73. The molecule has 18 heavy (non-hydrogen) atoms. The van der Waals surface area contributed by atoms with Crippen LogP contribution in [0, 0.1) is 10.1 Å². The van der Waals surface area contributed by atoms with Gasteiger partial charge in [-0.15, -0.1) is 0 Å². The van der Waals surface area contributed by atoms with Gasteiger partial charge in [-0.3, -0.25) is 14.9 Å². The van der Waals surface area contributed by atoms with Crippen molar-refractivity contribution in [2.75, 3.05) is 6.54 Å². The monoisotopic (exact) mass is 252 g/mol. The first-order valence-corrected chi connectivity index (χ1v) is 5.43. The van der Waals surface area contributed by atoms with E-state index in [0.717, 1.165) is 0 Å². The Balaban J connectivity index is 1.94. The largest absolute Gasteiger partial charge is 0.489 e. The van der Waals surface area contributed by atoms with Gasteiger partial charge in [0, 0.05) is 25.1 Å². The van der Waals surface area contributed by atoms with Gasteiger partial charge in [0.05, 0.1) is 4.92 Å². The van der Waals surface area contributed by atoms with E-state index in [0.29, 0.717) is 18.7 Å². The highest BCUT2D eigenvalue weighted by Crippen LogP contribution is 2.20. The lowest BCUT2D eigenvalue weighted by atomic mass is 10.2. The maximum Gasteiger partial charge on any atom is 0.320 e. The van der Waals surface area contributed by atoms with Crippen molar-refractivity contribution in [1.82, 2.24) is 5.32 Å². The summed E-state index contributed by atoms with van der Waals surface area (Å²) in [6.07, 6.45) is 0.152. The zero-order chi connectivity index (χ0) is 13.1. The third-order valence-corrected chi connectivity index (χ3v) is 2.74. The van der Waals surface area contributed by atoms with Crippen LogP contribution in [0.1, 0.15) is 6.42 Å². The van der Waals surface area contributed by atoms with Crippen LogP contribution in [0.15, 0.2) is 24.3 Å². The van der Waals surface area contributed by atoms with Crippen molar-refractivity contribution in [2.24, 2.45) is 0 Å². The quantitative estimate of drug-likeness (QED) is 0.606. The molecule has 1 heterocycles. The van der Waals surface area contributed by atoms with Gasteiger partial charge in [-0.05, 0) is 12.1 Å². The Morgan fingerprint density at radius 2 is 2.11 bits per heavy atom. The van der Waals surface area contributed by atoms with Gasteiger partial charge in [0.25, 0.3) is 5.69 Å². The molecule has 2 rings (SSSR count). The Morgan fingerprint density at radius 1 is 1.44 bits per heavy atom. The fraction of sp³-hybridized carbons (Fsp3) is 0.364. The average molecular weight is 252 g/mol. The van der Waals surface area contributed by atoms with E-state index in [9.17, 15) is 14.9 Å². The maximum atomic E-state index is 10.7. The summed E-state index contributed by atoms with van der Waals surface area (Å²) in [5.74, 6) is -0.400. The van der Waals surface area contributed by atoms with E-state index in [1.165, 1.54) is 24.3 Å². The van der Waals surface area contributed by atoms with Crippen molar-refractivity contribution >= 4 is 11.7 Å². The minimum Gasteiger partial charge on any atom is -0.489 e. The lowest BCUT2D eigenvalue weighted by Crippen LogP contribution is -2.30. The predicted molar refractivity (Wildman–Crippen MR) is 61.6 cm³/mol. The molecule has 0 amide bonds. The molecule has 1 aromatic rings. The molecule has 1 aromatic carbocycles. The zero-order valence-electron chi connectivity index (χ0n) is 9.41. The lowest BCUT2D eigenvalue weighted by Gasteiger charge is -2.12. The molecule has 0 saturated carbocycles. The molecule has 1 saturated heterocycles. The van der Waals surface area contributed by atoms with E-state index in [2.05, 4.69) is 5.32 Å². The van der Waals surface area contributed by atoms with E-state index in [1.807, 2.05) is 0 Å². The molecule has 7 nitrogen and oxygen atoms in total. The van der Waals surface area contributed by atoms with Crippen molar-refractivity contribution in [1.29, 1.82) is 0 Å². The summed E-state index contributed by atoms with van der Waals surface area (Å²) in [6.45, 7) is 0.452. The van der Waals surface area contributed by atoms with Gasteiger partial charge in [-0.2, -0.15) is 0 Å². The van der Waals surface area contributed by atoms with Crippen LogP contribution in [0.3, 0.4) is 0 Å². The second-order valence-corrected chi connectivity index (χ2v) is 4.03. The first-order valence-electron chi connectivity index (χ1n) is 5.43. The number of ether oxygens (including phenoxy) is 1. The molecule has 0 radical (unpaired) electrons. The molecule has 7 heteroatoms. The number of nitro groups is 1. The molecule has 2 N–H and O–H groups in total.